The van der Waals surface area contributed by atoms with E-state index >= 15 is 0 Å². The summed E-state index contributed by atoms with van der Waals surface area (Å²) in [6.45, 7) is 5.81. The largest absolute Gasteiger partial charge is 0.497 e. The lowest BCUT2D eigenvalue weighted by atomic mass is 9.82. The third-order valence-corrected chi connectivity index (χ3v) is 6.94. The SMILES string of the molecule is CCCOC1(c2ccccc2C)CN(C(=O)[C@@H](Cc2ccc(OC)cc2)n2cnc(CCC(N)=O)c2)C1. The van der Waals surface area contributed by atoms with Gasteiger partial charge in [-0.3, -0.25) is 9.59 Å². The predicted octanol–water partition coefficient (Wildman–Crippen LogP) is 3.57. The molecule has 1 aliphatic rings. The molecule has 37 heavy (non-hydrogen) atoms. The Morgan fingerprint density at radius 1 is 1.14 bits per heavy atom. The van der Waals surface area contributed by atoms with Crippen LogP contribution in [0.2, 0.25) is 0 Å². The van der Waals surface area contributed by atoms with Crippen molar-refractivity contribution in [2.45, 2.75) is 51.2 Å². The van der Waals surface area contributed by atoms with Gasteiger partial charge in [-0.05, 0) is 48.6 Å². The zero-order valence-electron chi connectivity index (χ0n) is 21.9. The van der Waals surface area contributed by atoms with Crippen molar-refractivity contribution in [3.63, 3.8) is 0 Å². The molecule has 8 heteroatoms. The van der Waals surface area contributed by atoms with E-state index in [1.54, 1.807) is 13.4 Å². The smallest absolute Gasteiger partial charge is 0.246 e. The molecule has 0 aliphatic carbocycles. The average molecular weight is 505 g/mol. The standard InChI is InChI=1S/C29H36N4O4/c1-4-15-37-29(25-8-6-5-7-21(25)2)18-33(19-29)28(35)26(16-22-9-12-24(36-3)13-10-22)32-17-23(31-20-32)11-14-27(30)34/h5-10,12-13,17,20,26H,4,11,14-16,18-19H2,1-3H3,(H2,30,34)/t26-/m1/s1. The van der Waals surface area contributed by atoms with Crippen molar-refractivity contribution in [3.05, 3.63) is 83.4 Å². The summed E-state index contributed by atoms with van der Waals surface area (Å²) in [6.07, 6.45) is 5.58. The number of rotatable bonds is 12. The van der Waals surface area contributed by atoms with Gasteiger partial charge in [0.1, 0.15) is 17.4 Å². The van der Waals surface area contributed by atoms with Crippen LogP contribution in [0.3, 0.4) is 0 Å². The van der Waals surface area contributed by atoms with Crippen molar-refractivity contribution in [2.75, 3.05) is 26.8 Å². The molecule has 3 aromatic rings. The van der Waals surface area contributed by atoms with Crippen LogP contribution in [-0.4, -0.2) is 53.1 Å². The van der Waals surface area contributed by atoms with Crippen molar-refractivity contribution in [2.24, 2.45) is 5.73 Å². The number of nitrogens with two attached hydrogens (primary N) is 1. The quantitative estimate of drug-likeness (QED) is 0.407. The number of hydrogen-bond donors (Lipinski definition) is 1. The molecule has 8 nitrogen and oxygen atoms in total. The van der Waals surface area contributed by atoms with Crippen LogP contribution in [0.1, 0.15) is 48.2 Å². The molecule has 0 saturated carbocycles. The Labute approximate surface area is 218 Å². The molecule has 2 N–H and O–H groups in total. The lowest BCUT2D eigenvalue weighted by Crippen LogP contribution is -2.64. The van der Waals surface area contributed by atoms with Gasteiger partial charge in [0.05, 0.1) is 32.2 Å². The van der Waals surface area contributed by atoms with E-state index in [4.69, 9.17) is 15.2 Å². The fourth-order valence-corrected chi connectivity index (χ4v) is 4.89. The number of amides is 2. The zero-order valence-corrected chi connectivity index (χ0v) is 21.9. The van der Waals surface area contributed by atoms with Gasteiger partial charge in [0.15, 0.2) is 0 Å². The summed E-state index contributed by atoms with van der Waals surface area (Å²) in [7, 11) is 1.63. The Bertz CT molecular complexity index is 1210. The Hall–Kier alpha value is -3.65. The monoisotopic (exact) mass is 504 g/mol. The lowest BCUT2D eigenvalue weighted by molar-refractivity contribution is -0.175. The summed E-state index contributed by atoms with van der Waals surface area (Å²) in [5, 5.41) is 0. The van der Waals surface area contributed by atoms with Gasteiger partial charge in [-0.1, -0.05) is 43.3 Å². The van der Waals surface area contributed by atoms with Crippen molar-refractivity contribution in [3.8, 4) is 5.75 Å². The maximum atomic E-state index is 13.9. The number of primary amides is 1. The first-order valence-corrected chi connectivity index (χ1v) is 12.8. The van der Waals surface area contributed by atoms with Gasteiger partial charge in [0.2, 0.25) is 11.8 Å². The second-order valence-corrected chi connectivity index (χ2v) is 9.70. The van der Waals surface area contributed by atoms with Crippen LogP contribution >= 0.6 is 0 Å². The Morgan fingerprint density at radius 2 is 1.86 bits per heavy atom. The fraction of sp³-hybridized carbons (Fsp3) is 0.414. The second kappa shape index (κ2) is 11.6. The third-order valence-electron chi connectivity index (χ3n) is 6.94. The van der Waals surface area contributed by atoms with Crippen LogP contribution in [0, 0.1) is 6.92 Å². The summed E-state index contributed by atoms with van der Waals surface area (Å²) in [5.41, 5.74) is 8.85. The topological polar surface area (TPSA) is 99.7 Å². The van der Waals surface area contributed by atoms with Crippen LogP contribution in [0.5, 0.6) is 5.75 Å². The number of ether oxygens (including phenoxy) is 2. The Balaban J connectivity index is 1.57. The van der Waals surface area contributed by atoms with Gasteiger partial charge in [0, 0.05) is 25.6 Å². The van der Waals surface area contributed by atoms with E-state index in [0.29, 0.717) is 32.5 Å². The maximum absolute atomic E-state index is 13.9. The molecular formula is C29H36N4O4. The first kappa shape index (κ1) is 26.4. The minimum Gasteiger partial charge on any atom is -0.497 e. The van der Waals surface area contributed by atoms with Gasteiger partial charge in [-0.25, -0.2) is 4.98 Å². The van der Waals surface area contributed by atoms with Crippen LogP contribution in [0.25, 0.3) is 0 Å². The van der Waals surface area contributed by atoms with Gasteiger partial charge in [-0.2, -0.15) is 0 Å². The zero-order chi connectivity index (χ0) is 26.4. The molecule has 4 rings (SSSR count). The highest BCUT2D eigenvalue weighted by Gasteiger charge is 2.49. The molecule has 1 atom stereocenters. The number of imidazole rings is 1. The van der Waals surface area contributed by atoms with Crippen LogP contribution in [0.4, 0.5) is 0 Å². The van der Waals surface area contributed by atoms with E-state index in [9.17, 15) is 9.59 Å². The van der Waals surface area contributed by atoms with Crippen LogP contribution in [-0.2, 0) is 32.8 Å². The van der Waals surface area contributed by atoms with E-state index < -0.39 is 11.6 Å². The number of likely N-dealkylation sites (tertiary alicyclic amines) is 1. The minimum absolute atomic E-state index is 0.0129. The Kier molecular flexibility index (Phi) is 8.28. The summed E-state index contributed by atoms with van der Waals surface area (Å²) in [5.74, 6) is 0.404. The molecule has 196 valence electrons. The molecule has 0 spiro atoms. The Morgan fingerprint density at radius 3 is 2.51 bits per heavy atom. The number of aromatic nitrogens is 2. The molecule has 0 bridgehead atoms. The first-order chi connectivity index (χ1) is 17.8. The second-order valence-electron chi connectivity index (χ2n) is 9.70. The molecule has 1 aliphatic heterocycles. The highest BCUT2D eigenvalue weighted by molar-refractivity contribution is 5.82. The van der Waals surface area contributed by atoms with Crippen LogP contribution in [0.15, 0.2) is 61.1 Å². The van der Waals surface area contributed by atoms with Crippen molar-refractivity contribution in [1.82, 2.24) is 14.5 Å². The van der Waals surface area contributed by atoms with E-state index in [2.05, 4.69) is 31.0 Å². The predicted molar refractivity (Wildman–Crippen MR) is 141 cm³/mol. The van der Waals surface area contributed by atoms with E-state index in [0.717, 1.165) is 34.6 Å². The fourth-order valence-electron chi connectivity index (χ4n) is 4.89. The van der Waals surface area contributed by atoms with Crippen molar-refractivity contribution >= 4 is 11.8 Å². The number of nitrogens with zero attached hydrogens (tertiary/aromatic N) is 3. The molecule has 1 aromatic heterocycles. The number of carbonyl (C=O) groups is 2. The highest BCUT2D eigenvalue weighted by atomic mass is 16.5. The van der Waals surface area contributed by atoms with Gasteiger partial charge < -0.3 is 24.7 Å². The number of benzene rings is 2. The van der Waals surface area contributed by atoms with E-state index in [1.807, 2.05) is 52.1 Å². The molecular weight excluding hydrogens is 468 g/mol. The van der Waals surface area contributed by atoms with E-state index in [-0.39, 0.29) is 18.2 Å². The number of aryl methyl sites for hydroxylation is 2. The number of hydrogen-bond acceptors (Lipinski definition) is 5. The third kappa shape index (κ3) is 6.02. The summed E-state index contributed by atoms with van der Waals surface area (Å²) in [4.78, 5) is 31.5. The summed E-state index contributed by atoms with van der Waals surface area (Å²) < 4.78 is 13.5. The van der Waals surface area contributed by atoms with Gasteiger partial charge in [-0.15, -0.1) is 0 Å². The van der Waals surface area contributed by atoms with E-state index in [1.165, 1.54) is 0 Å². The van der Waals surface area contributed by atoms with Gasteiger partial charge in [0.25, 0.3) is 0 Å². The lowest BCUT2D eigenvalue weighted by Gasteiger charge is -2.51. The minimum atomic E-state index is -0.497. The molecule has 1 saturated heterocycles. The molecule has 0 radical (unpaired) electrons. The molecule has 2 aromatic carbocycles. The molecule has 2 amide bonds. The van der Waals surface area contributed by atoms with Crippen LogP contribution < -0.4 is 10.5 Å². The average Bonchev–Trinajstić information content (AvgIpc) is 3.35. The normalized spacial score (nSPS) is 15.2. The number of methoxy groups -OCH3 is 1. The molecule has 2 heterocycles. The summed E-state index contributed by atoms with van der Waals surface area (Å²) >= 11 is 0. The maximum Gasteiger partial charge on any atom is 0.246 e. The highest BCUT2D eigenvalue weighted by Crippen LogP contribution is 2.39. The van der Waals surface area contributed by atoms with Gasteiger partial charge >= 0.3 is 0 Å². The first-order valence-electron chi connectivity index (χ1n) is 12.8. The number of carbonyl (C=O) groups excluding carboxylic acids is 2. The molecule has 1 fully saturated rings. The van der Waals surface area contributed by atoms with Crippen molar-refractivity contribution in [1.29, 1.82) is 0 Å². The summed E-state index contributed by atoms with van der Waals surface area (Å²) in [6, 6.07) is 15.5. The molecule has 0 unspecified atom stereocenters. The van der Waals surface area contributed by atoms with Crippen molar-refractivity contribution < 1.29 is 19.1 Å².